The van der Waals surface area contributed by atoms with Crippen LogP contribution in [0, 0.1) is 12.8 Å². The van der Waals surface area contributed by atoms with Crippen LogP contribution in [0.3, 0.4) is 0 Å². The molecule has 0 atom stereocenters. The average Bonchev–Trinajstić information content (AvgIpc) is 2.60. The fourth-order valence-corrected chi connectivity index (χ4v) is 2.13. The molecule has 0 aliphatic rings. The van der Waals surface area contributed by atoms with Crippen molar-refractivity contribution in [2.45, 2.75) is 27.4 Å². The molecule has 1 N–H and O–H groups in total. The molecular formula is C20H23NO4. The fourth-order valence-electron chi connectivity index (χ4n) is 2.13. The second-order valence-electron chi connectivity index (χ2n) is 6.21. The maximum absolute atomic E-state index is 12.1. The second-order valence-corrected chi connectivity index (χ2v) is 6.21. The van der Waals surface area contributed by atoms with Gasteiger partial charge in [-0.3, -0.25) is 5.32 Å². The predicted octanol–water partition coefficient (Wildman–Crippen LogP) is 4.56. The average molecular weight is 341 g/mol. The van der Waals surface area contributed by atoms with Crippen molar-refractivity contribution in [3.05, 3.63) is 65.2 Å². The van der Waals surface area contributed by atoms with E-state index in [-0.39, 0.29) is 12.5 Å². The molecule has 0 bridgehead atoms. The minimum Gasteiger partial charge on any atom is -0.457 e. The highest BCUT2D eigenvalue weighted by atomic mass is 16.5. The molecular weight excluding hydrogens is 318 g/mol. The number of aryl methyl sites for hydroxylation is 1. The van der Waals surface area contributed by atoms with E-state index in [0.29, 0.717) is 17.9 Å². The van der Waals surface area contributed by atoms with E-state index < -0.39 is 12.1 Å². The zero-order valence-corrected chi connectivity index (χ0v) is 14.7. The van der Waals surface area contributed by atoms with Gasteiger partial charge in [-0.05, 0) is 42.2 Å². The van der Waals surface area contributed by atoms with Gasteiger partial charge in [0.15, 0.2) is 0 Å². The lowest BCUT2D eigenvalue weighted by atomic mass is 10.1. The Balaban J connectivity index is 1.93. The molecule has 25 heavy (non-hydrogen) atoms. The first-order valence-corrected chi connectivity index (χ1v) is 8.21. The van der Waals surface area contributed by atoms with E-state index in [0.717, 1.165) is 11.1 Å². The molecule has 2 aromatic rings. The lowest BCUT2D eigenvalue weighted by molar-refractivity contribution is 0.0472. The van der Waals surface area contributed by atoms with Gasteiger partial charge in [-0.15, -0.1) is 0 Å². The molecule has 0 aliphatic carbocycles. The van der Waals surface area contributed by atoms with Gasteiger partial charge in [0.05, 0.1) is 12.2 Å². The Bertz CT molecular complexity index is 726. The molecule has 132 valence electrons. The molecule has 1 amide bonds. The molecule has 0 saturated heterocycles. The first-order chi connectivity index (χ1) is 12.0. The lowest BCUT2D eigenvalue weighted by Crippen LogP contribution is -2.17. The molecule has 5 nitrogen and oxygen atoms in total. The van der Waals surface area contributed by atoms with Gasteiger partial charge >= 0.3 is 12.1 Å². The van der Waals surface area contributed by atoms with Crippen molar-refractivity contribution in [2.75, 3.05) is 11.9 Å². The zero-order chi connectivity index (χ0) is 18.2. The molecule has 5 heteroatoms. The third-order valence-electron chi connectivity index (χ3n) is 3.46. The Morgan fingerprint density at radius 1 is 1.04 bits per heavy atom. The lowest BCUT2D eigenvalue weighted by Gasteiger charge is -2.12. The van der Waals surface area contributed by atoms with Gasteiger partial charge in [-0.25, -0.2) is 9.59 Å². The highest BCUT2D eigenvalue weighted by molar-refractivity contribution is 5.92. The second kappa shape index (κ2) is 8.87. The third kappa shape index (κ3) is 5.95. The number of carbonyl (C=O) groups is 2. The number of rotatable bonds is 6. The molecule has 0 fully saturated rings. The van der Waals surface area contributed by atoms with Crippen LogP contribution in [0.25, 0.3) is 0 Å². The summed E-state index contributed by atoms with van der Waals surface area (Å²) in [6, 6.07) is 14.5. The number of amides is 1. The molecule has 0 aromatic heterocycles. The van der Waals surface area contributed by atoms with Crippen LogP contribution in [0.2, 0.25) is 0 Å². The highest BCUT2D eigenvalue weighted by Crippen LogP contribution is 2.18. The standard InChI is InChI=1S/C20H23NO4/c1-14(2)12-25-20(23)21-18-10-9-17(11-15(18)3)19(22)24-13-16-7-5-4-6-8-16/h4-11,14H,12-13H2,1-3H3,(H,21,23). The summed E-state index contributed by atoms with van der Waals surface area (Å²) in [5, 5.41) is 2.68. The Hall–Kier alpha value is -2.82. The van der Waals surface area contributed by atoms with Gasteiger partial charge in [0.2, 0.25) is 0 Å². The molecule has 0 aliphatic heterocycles. The Morgan fingerprint density at radius 2 is 1.76 bits per heavy atom. The Morgan fingerprint density at radius 3 is 2.40 bits per heavy atom. The number of hydrogen-bond donors (Lipinski definition) is 1. The maximum Gasteiger partial charge on any atom is 0.411 e. The van der Waals surface area contributed by atoms with Gasteiger partial charge in [0.1, 0.15) is 6.61 Å². The van der Waals surface area contributed by atoms with Crippen molar-refractivity contribution in [1.82, 2.24) is 0 Å². The SMILES string of the molecule is Cc1cc(C(=O)OCc2ccccc2)ccc1NC(=O)OCC(C)C. The monoisotopic (exact) mass is 341 g/mol. The summed E-state index contributed by atoms with van der Waals surface area (Å²) in [6.45, 7) is 6.32. The van der Waals surface area contributed by atoms with Crippen LogP contribution in [0.4, 0.5) is 10.5 Å². The van der Waals surface area contributed by atoms with Gasteiger partial charge in [-0.2, -0.15) is 0 Å². The van der Waals surface area contributed by atoms with Crippen LogP contribution in [0.15, 0.2) is 48.5 Å². The van der Waals surface area contributed by atoms with Crippen molar-refractivity contribution in [1.29, 1.82) is 0 Å². The first-order valence-electron chi connectivity index (χ1n) is 8.21. The van der Waals surface area contributed by atoms with Crippen molar-refractivity contribution in [3.63, 3.8) is 0 Å². The summed E-state index contributed by atoms with van der Waals surface area (Å²) < 4.78 is 10.4. The van der Waals surface area contributed by atoms with E-state index in [1.165, 1.54) is 0 Å². The first kappa shape index (κ1) is 18.5. The third-order valence-corrected chi connectivity index (χ3v) is 3.46. The quantitative estimate of drug-likeness (QED) is 0.783. The Kier molecular flexibility index (Phi) is 6.57. The molecule has 0 heterocycles. The summed E-state index contributed by atoms with van der Waals surface area (Å²) in [4.78, 5) is 23.9. The molecule has 0 saturated carbocycles. The van der Waals surface area contributed by atoms with Gasteiger partial charge in [-0.1, -0.05) is 44.2 Å². The van der Waals surface area contributed by atoms with E-state index in [9.17, 15) is 9.59 Å². The van der Waals surface area contributed by atoms with E-state index in [4.69, 9.17) is 9.47 Å². The largest absolute Gasteiger partial charge is 0.457 e. The van der Waals surface area contributed by atoms with Crippen LogP contribution in [-0.4, -0.2) is 18.7 Å². The molecule has 2 aromatic carbocycles. The fraction of sp³-hybridized carbons (Fsp3) is 0.300. The van der Waals surface area contributed by atoms with E-state index in [2.05, 4.69) is 5.32 Å². The van der Waals surface area contributed by atoms with E-state index >= 15 is 0 Å². The number of ether oxygens (including phenoxy) is 2. The number of nitrogens with one attached hydrogen (secondary N) is 1. The predicted molar refractivity (Wildman–Crippen MR) is 96.5 cm³/mol. The maximum atomic E-state index is 12.1. The molecule has 0 radical (unpaired) electrons. The summed E-state index contributed by atoms with van der Waals surface area (Å²) in [5.74, 6) is -0.130. The minimum absolute atomic E-state index is 0.222. The normalized spacial score (nSPS) is 10.4. The van der Waals surface area contributed by atoms with E-state index in [1.54, 1.807) is 18.2 Å². The van der Waals surface area contributed by atoms with Gasteiger partial charge in [0, 0.05) is 5.69 Å². The van der Waals surface area contributed by atoms with Crippen molar-refractivity contribution < 1.29 is 19.1 Å². The minimum atomic E-state index is -0.504. The summed E-state index contributed by atoms with van der Waals surface area (Å²) in [6.07, 6.45) is -0.504. The number of carbonyl (C=O) groups excluding carboxylic acids is 2. The van der Waals surface area contributed by atoms with Crippen molar-refractivity contribution >= 4 is 17.7 Å². The molecule has 0 unspecified atom stereocenters. The summed E-state index contributed by atoms with van der Waals surface area (Å²) in [7, 11) is 0. The highest BCUT2D eigenvalue weighted by Gasteiger charge is 2.11. The van der Waals surface area contributed by atoms with Crippen molar-refractivity contribution in [3.8, 4) is 0 Å². The Labute approximate surface area is 148 Å². The van der Waals surface area contributed by atoms with Gasteiger partial charge < -0.3 is 9.47 Å². The van der Waals surface area contributed by atoms with Crippen molar-refractivity contribution in [2.24, 2.45) is 5.92 Å². The van der Waals surface area contributed by atoms with Gasteiger partial charge in [0.25, 0.3) is 0 Å². The van der Waals surface area contributed by atoms with E-state index in [1.807, 2.05) is 51.1 Å². The number of esters is 1. The number of anilines is 1. The topological polar surface area (TPSA) is 64.6 Å². The number of hydrogen-bond acceptors (Lipinski definition) is 4. The van der Waals surface area contributed by atoms with Crippen LogP contribution in [0.5, 0.6) is 0 Å². The molecule has 2 rings (SSSR count). The van der Waals surface area contributed by atoms with Crippen LogP contribution < -0.4 is 5.32 Å². The van der Waals surface area contributed by atoms with Crippen LogP contribution in [-0.2, 0) is 16.1 Å². The number of benzene rings is 2. The van der Waals surface area contributed by atoms with Crippen LogP contribution >= 0.6 is 0 Å². The van der Waals surface area contributed by atoms with Crippen LogP contribution in [0.1, 0.15) is 35.3 Å². The molecule has 0 spiro atoms. The summed E-state index contributed by atoms with van der Waals surface area (Å²) >= 11 is 0. The smallest absolute Gasteiger partial charge is 0.411 e. The summed E-state index contributed by atoms with van der Waals surface area (Å²) in [5.41, 5.74) is 2.73. The zero-order valence-electron chi connectivity index (χ0n) is 14.7.